The van der Waals surface area contributed by atoms with Gasteiger partial charge in [-0.05, 0) is 34.5 Å². The summed E-state index contributed by atoms with van der Waals surface area (Å²) in [5.74, 6) is 0.952. The minimum atomic E-state index is -0.00509. The van der Waals surface area contributed by atoms with Gasteiger partial charge in [0.1, 0.15) is 11.9 Å². The molecule has 3 aromatic rings. The molecule has 0 N–H and O–H groups in total. The van der Waals surface area contributed by atoms with Gasteiger partial charge in [-0.15, -0.1) is 0 Å². The van der Waals surface area contributed by atoms with Gasteiger partial charge in [-0.3, -0.25) is 0 Å². The monoisotopic (exact) mass is 258 g/mol. The van der Waals surface area contributed by atoms with Gasteiger partial charge < -0.3 is 4.74 Å². The number of hydrogen-bond donors (Lipinski definition) is 0. The zero-order chi connectivity index (χ0) is 13.4. The Balaban J connectivity index is 1.74. The number of ether oxygens (including phenoxy) is 1. The first kappa shape index (κ1) is 11.3. The van der Waals surface area contributed by atoms with Crippen LogP contribution in [-0.4, -0.2) is 0 Å². The predicted molar refractivity (Wildman–Crippen MR) is 82.8 cm³/mol. The summed E-state index contributed by atoms with van der Waals surface area (Å²) in [7, 11) is 0. The lowest BCUT2D eigenvalue weighted by atomic mass is 10.0. The molecule has 0 spiro atoms. The van der Waals surface area contributed by atoms with E-state index in [2.05, 4.69) is 60.7 Å². The Kier molecular flexibility index (Phi) is 2.56. The van der Waals surface area contributed by atoms with Crippen LogP contribution in [0.4, 0.5) is 0 Å². The van der Waals surface area contributed by atoms with E-state index in [0.29, 0.717) is 0 Å². The summed E-state index contributed by atoms with van der Waals surface area (Å²) < 4.78 is 6.08. The zero-order valence-corrected chi connectivity index (χ0v) is 11.0. The summed E-state index contributed by atoms with van der Waals surface area (Å²) in [5, 5.41) is 2.51. The van der Waals surface area contributed by atoms with Crippen LogP contribution in [0, 0.1) is 0 Å². The van der Waals surface area contributed by atoms with Crippen LogP contribution in [0.25, 0.3) is 16.8 Å². The molecule has 96 valence electrons. The minimum absolute atomic E-state index is 0.00509. The van der Waals surface area contributed by atoms with E-state index in [9.17, 15) is 0 Å². The van der Waals surface area contributed by atoms with Gasteiger partial charge in [0, 0.05) is 5.56 Å². The molecule has 1 nitrogen and oxygen atoms in total. The maximum Gasteiger partial charge on any atom is 0.142 e. The van der Waals surface area contributed by atoms with Crippen molar-refractivity contribution in [1.82, 2.24) is 0 Å². The van der Waals surface area contributed by atoms with Crippen LogP contribution in [0.1, 0.15) is 17.2 Å². The maximum absolute atomic E-state index is 6.08. The van der Waals surface area contributed by atoms with Gasteiger partial charge >= 0.3 is 0 Å². The summed E-state index contributed by atoms with van der Waals surface area (Å²) >= 11 is 0. The Morgan fingerprint density at radius 3 is 2.50 bits per heavy atom. The van der Waals surface area contributed by atoms with Gasteiger partial charge in [0.25, 0.3) is 0 Å². The van der Waals surface area contributed by atoms with Crippen molar-refractivity contribution < 1.29 is 4.74 Å². The van der Waals surface area contributed by atoms with Crippen LogP contribution in [0.2, 0.25) is 0 Å². The van der Waals surface area contributed by atoms with Crippen molar-refractivity contribution in [3.63, 3.8) is 0 Å². The highest BCUT2D eigenvalue weighted by molar-refractivity contribution is 5.83. The van der Waals surface area contributed by atoms with Gasteiger partial charge in [-0.2, -0.15) is 0 Å². The first-order chi connectivity index (χ1) is 9.90. The van der Waals surface area contributed by atoms with E-state index in [1.54, 1.807) is 0 Å². The minimum Gasteiger partial charge on any atom is -0.481 e. The lowest BCUT2D eigenvalue weighted by Gasteiger charge is -2.22. The third-order valence-corrected chi connectivity index (χ3v) is 3.73. The zero-order valence-electron chi connectivity index (χ0n) is 11.0. The predicted octanol–water partition coefficient (Wildman–Crippen LogP) is 4.99. The molecule has 1 unspecified atom stereocenters. The highest BCUT2D eigenvalue weighted by Gasteiger charge is 2.16. The summed E-state index contributed by atoms with van der Waals surface area (Å²) in [6.07, 6.45) is 4.25. The van der Waals surface area contributed by atoms with Gasteiger partial charge in [0.15, 0.2) is 0 Å². The Labute approximate surface area is 118 Å². The van der Waals surface area contributed by atoms with Gasteiger partial charge in [0.2, 0.25) is 0 Å². The molecule has 0 bridgehead atoms. The van der Waals surface area contributed by atoms with Crippen molar-refractivity contribution in [2.75, 3.05) is 0 Å². The van der Waals surface area contributed by atoms with Gasteiger partial charge in [0.05, 0.1) is 0 Å². The number of fused-ring (bicyclic) bond motifs is 2. The molecule has 0 aromatic heterocycles. The van der Waals surface area contributed by atoms with Crippen molar-refractivity contribution in [3.05, 3.63) is 83.9 Å². The van der Waals surface area contributed by atoms with Gasteiger partial charge in [-0.25, -0.2) is 0 Å². The largest absolute Gasteiger partial charge is 0.481 e. The molecular weight excluding hydrogens is 244 g/mol. The van der Waals surface area contributed by atoms with Crippen LogP contribution in [0.3, 0.4) is 0 Å². The quantitative estimate of drug-likeness (QED) is 0.597. The molecule has 0 aliphatic carbocycles. The highest BCUT2D eigenvalue weighted by atomic mass is 16.5. The molecule has 0 fully saturated rings. The SMILES string of the molecule is C1=CC(c2ccc3ccccc3c2)Oc2ccccc21. The van der Waals surface area contributed by atoms with E-state index in [1.165, 1.54) is 16.3 Å². The van der Waals surface area contributed by atoms with E-state index in [4.69, 9.17) is 4.74 Å². The standard InChI is InChI=1S/C19H14O/c1-2-7-16-13-17(10-9-14(16)5-1)19-12-11-15-6-3-4-8-18(15)20-19/h1-13,19H. The van der Waals surface area contributed by atoms with Crippen LogP contribution < -0.4 is 4.74 Å². The van der Waals surface area contributed by atoms with Crippen molar-refractivity contribution in [2.45, 2.75) is 6.10 Å². The van der Waals surface area contributed by atoms with Crippen LogP contribution in [0.5, 0.6) is 5.75 Å². The number of rotatable bonds is 1. The first-order valence-corrected chi connectivity index (χ1v) is 6.83. The van der Waals surface area contributed by atoms with Crippen molar-refractivity contribution in [1.29, 1.82) is 0 Å². The smallest absolute Gasteiger partial charge is 0.142 e. The second-order valence-electron chi connectivity index (χ2n) is 5.04. The summed E-state index contributed by atoms with van der Waals surface area (Å²) in [4.78, 5) is 0. The Morgan fingerprint density at radius 1 is 0.750 bits per heavy atom. The number of benzene rings is 3. The number of para-hydroxylation sites is 1. The maximum atomic E-state index is 6.08. The third-order valence-electron chi connectivity index (χ3n) is 3.73. The normalized spacial score (nSPS) is 16.7. The van der Waals surface area contributed by atoms with E-state index in [0.717, 1.165) is 11.3 Å². The average Bonchev–Trinajstić information content (AvgIpc) is 2.54. The first-order valence-electron chi connectivity index (χ1n) is 6.83. The fourth-order valence-electron chi connectivity index (χ4n) is 2.66. The van der Waals surface area contributed by atoms with E-state index >= 15 is 0 Å². The highest BCUT2D eigenvalue weighted by Crippen LogP contribution is 2.33. The topological polar surface area (TPSA) is 9.23 Å². The average molecular weight is 258 g/mol. The lowest BCUT2D eigenvalue weighted by Crippen LogP contribution is -2.08. The second-order valence-corrected chi connectivity index (χ2v) is 5.04. The second kappa shape index (κ2) is 4.53. The Hall–Kier alpha value is -2.54. The molecule has 0 amide bonds. The molecule has 0 radical (unpaired) electrons. The molecule has 1 heterocycles. The van der Waals surface area contributed by atoms with Crippen LogP contribution in [-0.2, 0) is 0 Å². The molecule has 1 aliphatic heterocycles. The molecule has 20 heavy (non-hydrogen) atoms. The lowest BCUT2D eigenvalue weighted by molar-refractivity contribution is 0.252. The molecule has 1 atom stereocenters. The number of hydrogen-bond acceptors (Lipinski definition) is 1. The van der Waals surface area contributed by atoms with Gasteiger partial charge in [-0.1, -0.05) is 60.7 Å². The molecule has 1 heteroatoms. The molecular formula is C19H14O. The van der Waals surface area contributed by atoms with E-state index in [1.807, 2.05) is 18.2 Å². The van der Waals surface area contributed by atoms with Crippen LogP contribution >= 0.6 is 0 Å². The molecule has 4 rings (SSSR count). The molecule has 0 saturated carbocycles. The van der Waals surface area contributed by atoms with E-state index in [-0.39, 0.29) is 6.10 Å². The van der Waals surface area contributed by atoms with Crippen LogP contribution in [0.15, 0.2) is 72.8 Å². The van der Waals surface area contributed by atoms with E-state index < -0.39 is 0 Å². The molecule has 1 aliphatic rings. The fraction of sp³-hybridized carbons (Fsp3) is 0.0526. The summed E-state index contributed by atoms with van der Waals surface area (Å²) in [6.45, 7) is 0. The van der Waals surface area contributed by atoms with Crippen molar-refractivity contribution in [2.24, 2.45) is 0 Å². The Bertz CT molecular complexity index is 801. The summed E-state index contributed by atoms with van der Waals surface area (Å²) in [6, 6.07) is 23.0. The molecule has 3 aromatic carbocycles. The Morgan fingerprint density at radius 2 is 1.55 bits per heavy atom. The summed E-state index contributed by atoms with van der Waals surface area (Å²) in [5.41, 5.74) is 2.33. The third kappa shape index (κ3) is 1.88. The van der Waals surface area contributed by atoms with Crippen molar-refractivity contribution in [3.8, 4) is 5.75 Å². The fourth-order valence-corrected chi connectivity index (χ4v) is 2.66. The molecule has 0 saturated heterocycles. The van der Waals surface area contributed by atoms with Crippen molar-refractivity contribution >= 4 is 16.8 Å².